The zero-order valence-electron chi connectivity index (χ0n) is 9.62. The molecule has 1 aliphatic rings. The van der Waals surface area contributed by atoms with Crippen LogP contribution in [-0.4, -0.2) is 58.9 Å². The van der Waals surface area contributed by atoms with Crippen LogP contribution in [0.5, 0.6) is 0 Å². The summed E-state index contributed by atoms with van der Waals surface area (Å²) in [5.41, 5.74) is 0. The average Bonchev–Trinajstić information content (AvgIpc) is 2.55. The van der Waals surface area contributed by atoms with Crippen molar-refractivity contribution in [2.24, 2.45) is 0 Å². The van der Waals surface area contributed by atoms with Crippen LogP contribution >= 0.6 is 0 Å². The minimum Gasteiger partial charge on any atom is -0.480 e. The van der Waals surface area contributed by atoms with Crippen molar-refractivity contribution in [3.63, 3.8) is 0 Å². The molecule has 0 aliphatic carbocycles. The molecular formula is C11H16N4O2. The predicted molar refractivity (Wildman–Crippen MR) is 62.9 cm³/mol. The van der Waals surface area contributed by atoms with Crippen molar-refractivity contribution in [1.82, 2.24) is 15.1 Å². The second-order valence-electron chi connectivity index (χ2n) is 4.09. The number of aliphatic carboxylic acids is 1. The minimum absolute atomic E-state index is 0.119. The Kier molecular flexibility index (Phi) is 3.87. The maximum Gasteiger partial charge on any atom is 0.317 e. The molecule has 0 spiro atoms. The van der Waals surface area contributed by atoms with Gasteiger partial charge in [0.15, 0.2) is 5.82 Å². The van der Waals surface area contributed by atoms with Gasteiger partial charge in [0.1, 0.15) is 0 Å². The van der Waals surface area contributed by atoms with Gasteiger partial charge in [-0.15, -0.1) is 5.10 Å². The van der Waals surface area contributed by atoms with E-state index < -0.39 is 5.97 Å². The van der Waals surface area contributed by atoms with E-state index in [4.69, 9.17) is 5.11 Å². The summed E-state index contributed by atoms with van der Waals surface area (Å²) in [5.74, 6) is 0.0997. The summed E-state index contributed by atoms with van der Waals surface area (Å²) in [4.78, 5) is 14.8. The highest BCUT2D eigenvalue weighted by Gasteiger charge is 2.17. The highest BCUT2D eigenvalue weighted by atomic mass is 16.4. The van der Waals surface area contributed by atoms with Gasteiger partial charge in [-0.1, -0.05) is 0 Å². The molecule has 17 heavy (non-hydrogen) atoms. The standard InChI is InChI=1S/C11H16N4O2/c16-11(17)9-14-5-2-6-15(8-7-14)10-3-1-4-12-13-10/h1,3-4H,2,5-9H2,(H,16,17). The second-order valence-corrected chi connectivity index (χ2v) is 4.09. The van der Waals surface area contributed by atoms with Crippen molar-refractivity contribution in [3.8, 4) is 0 Å². The molecule has 0 amide bonds. The Bertz CT molecular complexity index is 371. The first-order chi connectivity index (χ1) is 8.25. The number of carbonyl (C=O) groups is 1. The van der Waals surface area contributed by atoms with E-state index in [1.54, 1.807) is 6.20 Å². The number of anilines is 1. The molecule has 0 atom stereocenters. The predicted octanol–water partition coefficient (Wildman–Crippen LogP) is 0.0733. The molecular weight excluding hydrogens is 220 g/mol. The first-order valence-electron chi connectivity index (χ1n) is 5.72. The fraction of sp³-hybridized carbons (Fsp3) is 0.545. The van der Waals surface area contributed by atoms with Gasteiger partial charge in [-0.2, -0.15) is 5.10 Å². The number of carboxylic acid groups (broad SMARTS) is 1. The number of hydrogen-bond acceptors (Lipinski definition) is 5. The maximum atomic E-state index is 10.7. The molecule has 1 saturated heterocycles. The Morgan fingerprint density at radius 1 is 1.35 bits per heavy atom. The summed E-state index contributed by atoms with van der Waals surface area (Å²) >= 11 is 0. The normalized spacial score (nSPS) is 17.8. The smallest absolute Gasteiger partial charge is 0.317 e. The highest BCUT2D eigenvalue weighted by molar-refractivity contribution is 5.69. The third-order valence-electron chi connectivity index (χ3n) is 2.83. The Balaban J connectivity index is 1.94. The van der Waals surface area contributed by atoms with Crippen molar-refractivity contribution in [3.05, 3.63) is 18.3 Å². The Labute approximate surface area is 99.9 Å². The maximum absolute atomic E-state index is 10.7. The number of nitrogens with zero attached hydrogens (tertiary/aromatic N) is 4. The third kappa shape index (κ3) is 3.39. The molecule has 1 N–H and O–H groups in total. The number of carboxylic acids is 1. The van der Waals surface area contributed by atoms with Crippen LogP contribution in [0.3, 0.4) is 0 Å². The number of hydrogen-bond donors (Lipinski definition) is 1. The molecule has 0 saturated carbocycles. The molecule has 6 heteroatoms. The molecule has 1 aliphatic heterocycles. The average molecular weight is 236 g/mol. The molecule has 2 rings (SSSR count). The highest BCUT2D eigenvalue weighted by Crippen LogP contribution is 2.11. The van der Waals surface area contributed by atoms with Gasteiger partial charge in [0.25, 0.3) is 0 Å². The van der Waals surface area contributed by atoms with Gasteiger partial charge in [-0.05, 0) is 18.6 Å². The molecule has 92 valence electrons. The molecule has 1 fully saturated rings. The third-order valence-corrected chi connectivity index (χ3v) is 2.83. The molecule has 0 bridgehead atoms. The monoisotopic (exact) mass is 236 g/mol. The van der Waals surface area contributed by atoms with Crippen LogP contribution in [-0.2, 0) is 4.79 Å². The number of rotatable bonds is 3. The van der Waals surface area contributed by atoms with Crippen LogP contribution in [0.15, 0.2) is 18.3 Å². The van der Waals surface area contributed by atoms with Crippen molar-refractivity contribution >= 4 is 11.8 Å². The molecule has 0 aromatic carbocycles. The first-order valence-corrected chi connectivity index (χ1v) is 5.72. The van der Waals surface area contributed by atoms with E-state index in [0.29, 0.717) is 0 Å². The molecule has 1 aromatic rings. The van der Waals surface area contributed by atoms with Gasteiger partial charge in [-0.25, -0.2) is 0 Å². The quantitative estimate of drug-likeness (QED) is 0.801. The van der Waals surface area contributed by atoms with E-state index in [9.17, 15) is 4.79 Å². The van der Waals surface area contributed by atoms with Gasteiger partial charge in [0.2, 0.25) is 0 Å². The van der Waals surface area contributed by atoms with Crippen LogP contribution in [0.4, 0.5) is 5.82 Å². The van der Waals surface area contributed by atoms with Crippen LogP contribution in [0.1, 0.15) is 6.42 Å². The van der Waals surface area contributed by atoms with Crippen LogP contribution < -0.4 is 4.90 Å². The lowest BCUT2D eigenvalue weighted by Gasteiger charge is -2.21. The van der Waals surface area contributed by atoms with E-state index in [-0.39, 0.29) is 6.54 Å². The largest absolute Gasteiger partial charge is 0.480 e. The number of aromatic nitrogens is 2. The van der Waals surface area contributed by atoms with Gasteiger partial charge < -0.3 is 10.0 Å². The summed E-state index contributed by atoms with van der Waals surface area (Å²) in [6.45, 7) is 3.39. The first kappa shape index (κ1) is 11.8. The summed E-state index contributed by atoms with van der Waals surface area (Å²) in [7, 11) is 0. The van der Waals surface area contributed by atoms with Gasteiger partial charge in [0, 0.05) is 32.4 Å². The fourth-order valence-corrected chi connectivity index (χ4v) is 2.01. The lowest BCUT2D eigenvalue weighted by atomic mass is 10.3. The molecule has 2 heterocycles. The van der Waals surface area contributed by atoms with Crippen LogP contribution in [0.2, 0.25) is 0 Å². The SMILES string of the molecule is O=C(O)CN1CCCN(c2cccnn2)CC1. The Morgan fingerprint density at radius 2 is 2.24 bits per heavy atom. The summed E-state index contributed by atoms with van der Waals surface area (Å²) in [6.07, 6.45) is 2.60. The zero-order chi connectivity index (χ0) is 12.1. The van der Waals surface area contributed by atoms with E-state index in [2.05, 4.69) is 15.1 Å². The summed E-state index contributed by atoms with van der Waals surface area (Å²) in [5, 5.41) is 16.7. The van der Waals surface area contributed by atoms with E-state index >= 15 is 0 Å². The summed E-state index contributed by atoms with van der Waals surface area (Å²) in [6, 6.07) is 3.79. The van der Waals surface area contributed by atoms with Crippen LogP contribution in [0, 0.1) is 0 Å². The molecule has 1 aromatic heterocycles. The van der Waals surface area contributed by atoms with Crippen LogP contribution in [0.25, 0.3) is 0 Å². The van der Waals surface area contributed by atoms with E-state index in [1.165, 1.54) is 0 Å². The van der Waals surface area contributed by atoms with E-state index in [1.807, 2.05) is 17.0 Å². The zero-order valence-corrected chi connectivity index (χ0v) is 9.62. The second kappa shape index (κ2) is 5.58. The van der Waals surface area contributed by atoms with Crippen molar-refractivity contribution < 1.29 is 9.90 Å². The fourth-order valence-electron chi connectivity index (χ4n) is 2.01. The summed E-state index contributed by atoms with van der Waals surface area (Å²) < 4.78 is 0. The van der Waals surface area contributed by atoms with Gasteiger partial charge in [-0.3, -0.25) is 9.69 Å². The molecule has 0 radical (unpaired) electrons. The van der Waals surface area contributed by atoms with E-state index in [0.717, 1.165) is 38.4 Å². The van der Waals surface area contributed by atoms with Crippen molar-refractivity contribution in [2.45, 2.75) is 6.42 Å². The van der Waals surface area contributed by atoms with Gasteiger partial charge >= 0.3 is 5.97 Å². The van der Waals surface area contributed by atoms with Crippen molar-refractivity contribution in [1.29, 1.82) is 0 Å². The molecule has 6 nitrogen and oxygen atoms in total. The van der Waals surface area contributed by atoms with Gasteiger partial charge in [0.05, 0.1) is 6.54 Å². The molecule has 0 unspecified atom stereocenters. The Hall–Kier alpha value is -1.69. The minimum atomic E-state index is -0.766. The Morgan fingerprint density at radius 3 is 2.94 bits per heavy atom. The lowest BCUT2D eigenvalue weighted by Crippen LogP contribution is -2.34. The topological polar surface area (TPSA) is 69.6 Å². The lowest BCUT2D eigenvalue weighted by molar-refractivity contribution is -0.138. The van der Waals surface area contributed by atoms with Crippen molar-refractivity contribution in [2.75, 3.05) is 37.6 Å².